The Hall–Kier alpha value is -3.33. The smallest absolute Gasteiger partial charge is 0.339 e. The molecule has 0 aromatic heterocycles. The monoisotopic (exact) mass is 316 g/mol. The third-order valence-corrected chi connectivity index (χ3v) is 3.75. The van der Waals surface area contributed by atoms with Crippen LogP contribution in [0.2, 0.25) is 0 Å². The Labute approximate surface area is 139 Å². The molecule has 0 radical (unpaired) electrons. The number of hydrogen-bond donors (Lipinski definition) is 2. The van der Waals surface area contributed by atoms with Gasteiger partial charge in [0.2, 0.25) is 0 Å². The second-order valence-electron chi connectivity index (χ2n) is 5.37. The molecule has 0 fully saturated rings. The van der Waals surface area contributed by atoms with Gasteiger partial charge < -0.3 is 10.2 Å². The molecule has 0 spiro atoms. The average molecular weight is 316 g/mol. The first-order valence-corrected chi connectivity index (χ1v) is 7.54. The highest BCUT2D eigenvalue weighted by Gasteiger charge is 2.05. The van der Waals surface area contributed by atoms with Gasteiger partial charge >= 0.3 is 5.97 Å². The molecule has 0 unspecified atom stereocenters. The highest BCUT2D eigenvalue weighted by molar-refractivity contribution is 5.98. The molecule has 0 amide bonds. The standard InChI is InChI=1S/C14H10.C7H6O3/c1-2-6-12-10-14-8-4-3-7-13(14)9-11(12)5-1;8-6-4-2-1-3-5(6)7(9)10/h1-10H;1-4,8H,(H,9,10). The van der Waals surface area contributed by atoms with Gasteiger partial charge in [-0.2, -0.15) is 0 Å². The van der Waals surface area contributed by atoms with Crippen molar-refractivity contribution < 1.29 is 15.0 Å². The van der Waals surface area contributed by atoms with Crippen molar-refractivity contribution in [3.05, 3.63) is 90.5 Å². The zero-order chi connectivity index (χ0) is 16.9. The molecule has 2 N–H and O–H groups in total. The van der Waals surface area contributed by atoms with Crippen LogP contribution >= 0.6 is 0 Å². The van der Waals surface area contributed by atoms with Crippen LogP contribution in [0.5, 0.6) is 5.75 Å². The van der Waals surface area contributed by atoms with E-state index >= 15 is 0 Å². The van der Waals surface area contributed by atoms with Gasteiger partial charge in [-0.05, 0) is 45.8 Å². The molecule has 0 aliphatic rings. The van der Waals surface area contributed by atoms with Crippen LogP contribution in [0, 0.1) is 0 Å². The first kappa shape index (κ1) is 15.6. The highest BCUT2D eigenvalue weighted by Crippen LogP contribution is 2.22. The van der Waals surface area contributed by atoms with E-state index in [1.54, 1.807) is 12.1 Å². The fourth-order valence-corrected chi connectivity index (χ4v) is 2.54. The molecule has 0 atom stereocenters. The topological polar surface area (TPSA) is 57.5 Å². The largest absolute Gasteiger partial charge is 0.507 e. The molecule has 118 valence electrons. The van der Waals surface area contributed by atoms with E-state index < -0.39 is 5.97 Å². The van der Waals surface area contributed by atoms with E-state index in [9.17, 15) is 4.79 Å². The van der Waals surface area contributed by atoms with Crippen molar-refractivity contribution in [3.63, 3.8) is 0 Å². The molecular formula is C21H16O3. The van der Waals surface area contributed by atoms with Crippen LogP contribution in [0.3, 0.4) is 0 Å². The van der Waals surface area contributed by atoms with E-state index in [0.29, 0.717) is 0 Å². The molecule has 4 aromatic rings. The minimum Gasteiger partial charge on any atom is -0.507 e. The van der Waals surface area contributed by atoms with Crippen molar-refractivity contribution in [3.8, 4) is 5.75 Å². The van der Waals surface area contributed by atoms with Crippen LogP contribution in [-0.4, -0.2) is 16.2 Å². The first-order valence-electron chi connectivity index (χ1n) is 7.54. The Balaban J connectivity index is 0.000000150. The van der Waals surface area contributed by atoms with E-state index in [2.05, 4.69) is 60.7 Å². The van der Waals surface area contributed by atoms with Crippen LogP contribution in [0.25, 0.3) is 21.5 Å². The summed E-state index contributed by atoms with van der Waals surface area (Å²) in [6.07, 6.45) is 0. The molecule has 4 rings (SSSR count). The van der Waals surface area contributed by atoms with Gasteiger partial charge in [0.05, 0.1) is 0 Å². The Morgan fingerprint density at radius 1 is 0.625 bits per heavy atom. The maximum absolute atomic E-state index is 10.3. The highest BCUT2D eigenvalue weighted by atomic mass is 16.4. The van der Waals surface area contributed by atoms with E-state index in [4.69, 9.17) is 10.2 Å². The second-order valence-corrected chi connectivity index (χ2v) is 5.37. The molecule has 0 bridgehead atoms. The lowest BCUT2D eigenvalue weighted by molar-refractivity contribution is 0.0693. The normalized spacial score (nSPS) is 10.2. The zero-order valence-corrected chi connectivity index (χ0v) is 12.9. The van der Waals surface area contributed by atoms with Crippen molar-refractivity contribution in [2.75, 3.05) is 0 Å². The van der Waals surface area contributed by atoms with Gasteiger partial charge in [-0.3, -0.25) is 0 Å². The molecule has 0 saturated heterocycles. The number of aromatic carboxylic acids is 1. The Morgan fingerprint density at radius 2 is 1.00 bits per heavy atom. The van der Waals surface area contributed by atoms with E-state index in [1.807, 2.05) is 0 Å². The maximum Gasteiger partial charge on any atom is 0.339 e. The minimum absolute atomic E-state index is 0.0671. The summed E-state index contributed by atoms with van der Waals surface area (Å²) >= 11 is 0. The van der Waals surface area contributed by atoms with Gasteiger partial charge in [0, 0.05) is 0 Å². The minimum atomic E-state index is -1.11. The molecule has 0 aliphatic heterocycles. The van der Waals surface area contributed by atoms with Crippen LogP contribution in [-0.2, 0) is 0 Å². The van der Waals surface area contributed by atoms with Crippen molar-refractivity contribution in [1.82, 2.24) is 0 Å². The quantitative estimate of drug-likeness (QED) is 0.481. The third kappa shape index (κ3) is 3.36. The number of fused-ring (bicyclic) bond motifs is 2. The summed E-state index contributed by atoms with van der Waals surface area (Å²) in [5.41, 5.74) is -0.0671. The van der Waals surface area contributed by atoms with Crippen LogP contribution < -0.4 is 0 Å². The molecule has 3 nitrogen and oxygen atoms in total. The van der Waals surface area contributed by atoms with E-state index in [1.165, 1.54) is 33.7 Å². The Morgan fingerprint density at radius 3 is 1.33 bits per heavy atom. The lowest BCUT2D eigenvalue weighted by Crippen LogP contribution is -1.95. The summed E-state index contributed by atoms with van der Waals surface area (Å²) in [6, 6.07) is 27.2. The van der Waals surface area contributed by atoms with E-state index in [0.717, 1.165) is 0 Å². The summed E-state index contributed by atoms with van der Waals surface area (Å²) in [5.74, 6) is -1.31. The number of carboxylic acid groups (broad SMARTS) is 1. The van der Waals surface area contributed by atoms with Crippen molar-refractivity contribution in [2.45, 2.75) is 0 Å². The number of para-hydroxylation sites is 1. The van der Waals surface area contributed by atoms with Gasteiger partial charge in [0.1, 0.15) is 11.3 Å². The zero-order valence-electron chi connectivity index (χ0n) is 12.9. The average Bonchev–Trinajstić information content (AvgIpc) is 2.60. The predicted molar refractivity (Wildman–Crippen MR) is 96.5 cm³/mol. The van der Waals surface area contributed by atoms with Crippen LogP contribution in [0.15, 0.2) is 84.9 Å². The number of aromatic hydroxyl groups is 1. The van der Waals surface area contributed by atoms with Gasteiger partial charge in [0.15, 0.2) is 0 Å². The maximum atomic E-state index is 10.3. The fourth-order valence-electron chi connectivity index (χ4n) is 2.54. The second kappa shape index (κ2) is 6.84. The summed E-state index contributed by atoms with van der Waals surface area (Å²) in [6.45, 7) is 0. The van der Waals surface area contributed by atoms with Crippen molar-refractivity contribution in [2.24, 2.45) is 0 Å². The molecule has 0 saturated carbocycles. The molecule has 4 aromatic carbocycles. The number of hydrogen-bond acceptors (Lipinski definition) is 2. The predicted octanol–water partition coefficient (Wildman–Crippen LogP) is 5.08. The SMILES string of the molecule is O=C(O)c1ccccc1O.c1ccc2cc3ccccc3cc2c1. The summed E-state index contributed by atoms with van der Waals surface area (Å²) < 4.78 is 0. The Bertz CT molecular complexity index is 901. The molecular weight excluding hydrogens is 300 g/mol. The fraction of sp³-hybridized carbons (Fsp3) is 0. The number of rotatable bonds is 1. The van der Waals surface area contributed by atoms with Gasteiger partial charge in [-0.1, -0.05) is 60.7 Å². The third-order valence-electron chi connectivity index (χ3n) is 3.75. The number of phenols is 1. The van der Waals surface area contributed by atoms with Gasteiger partial charge in [-0.15, -0.1) is 0 Å². The van der Waals surface area contributed by atoms with E-state index in [-0.39, 0.29) is 11.3 Å². The molecule has 0 heterocycles. The van der Waals surface area contributed by atoms with Crippen LogP contribution in [0.4, 0.5) is 0 Å². The lowest BCUT2D eigenvalue weighted by Gasteiger charge is -2.00. The lowest BCUT2D eigenvalue weighted by atomic mass is 10.0. The molecule has 0 aliphatic carbocycles. The number of benzene rings is 4. The Kier molecular flexibility index (Phi) is 4.43. The molecule has 24 heavy (non-hydrogen) atoms. The summed E-state index contributed by atoms with van der Waals surface area (Å²) in [5, 5.41) is 22.6. The number of carbonyl (C=O) groups is 1. The van der Waals surface area contributed by atoms with Crippen molar-refractivity contribution >= 4 is 27.5 Å². The summed E-state index contributed by atoms with van der Waals surface area (Å²) in [7, 11) is 0. The van der Waals surface area contributed by atoms with Gasteiger partial charge in [0.25, 0.3) is 0 Å². The first-order chi connectivity index (χ1) is 11.6. The number of carboxylic acids is 1. The summed E-state index contributed by atoms with van der Waals surface area (Å²) in [4.78, 5) is 10.3. The van der Waals surface area contributed by atoms with Crippen LogP contribution in [0.1, 0.15) is 10.4 Å². The van der Waals surface area contributed by atoms with Gasteiger partial charge in [-0.25, -0.2) is 4.79 Å². The van der Waals surface area contributed by atoms with Crippen molar-refractivity contribution in [1.29, 1.82) is 0 Å². The molecule has 3 heteroatoms.